The van der Waals surface area contributed by atoms with Gasteiger partial charge in [0.05, 0.1) is 0 Å². The minimum atomic E-state index is 0.767. The Morgan fingerprint density at radius 1 is 0.559 bits per heavy atom. The van der Waals surface area contributed by atoms with Gasteiger partial charge in [-0.1, -0.05) is 132 Å². The van der Waals surface area contributed by atoms with Gasteiger partial charge in [-0.25, -0.2) is 0 Å². The van der Waals surface area contributed by atoms with Crippen molar-refractivity contribution in [2.75, 3.05) is 0 Å². The molecule has 4 rings (SSSR count). The van der Waals surface area contributed by atoms with Crippen LogP contribution in [-0.4, -0.2) is 0 Å². The van der Waals surface area contributed by atoms with Crippen LogP contribution in [0.15, 0.2) is 48.5 Å². The molecule has 0 atom stereocenters. The van der Waals surface area contributed by atoms with Crippen molar-refractivity contribution in [3.8, 4) is 11.1 Å². The molecule has 0 radical (unpaired) electrons. The number of unbranched alkanes of at least 4 members (excludes halogenated alkanes) is 4. The van der Waals surface area contributed by atoms with Gasteiger partial charge in [0.1, 0.15) is 0 Å². The molecule has 2 aliphatic rings. The van der Waals surface area contributed by atoms with E-state index in [0.717, 1.165) is 28.7 Å². The van der Waals surface area contributed by atoms with Gasteiger partial charge in [-0.15, -0.1) is 0 Å². The molecule has 0 unspecified atom stereocenters. The minimum Gasteiger partial charge on any atom is -0.0843 e. The van der Waals surface area contributed by atoms with E-state index in [1.165, 1.54) is 114 Å². The van der Waals surface area contributed by atoms with Crippen LogP contribution in [0.3, 0.4) is 0 Å². The Bertz CT molecular complexity index is 805. The number of rotatable bonds is 11. The van der Waals surface area contributed by atoms with E-state index >= 15 is 0 Å². The molecule has 2 saturated carbocycles. The van der Waals surface area contributed by atoms with Gasteiger partial charge < -0.3 is 0 Å². The molecule has 0 spiro atoms. The first-order valence-corrected chi connectivity index (χ1v) is 14.9. The van der Waals surface area contributed by atoms with Crippen LogP contribution in [0.5, 0.6) is 0 Å². The number of halogens is 1. The maximum Gasteiger partial charge on any atom is 0.0406 e. The van der Waals surface area contributed by atoms with Crippen LogP contribution < -0.4 is 0 Å². The SMILES string of the molecule is CCCCCCC[C@H]1CC[C@H](CCC2CCC(c3ccc(-c4ccc(Cl)cc4)cc3)CC2)CC1. The third kappa shape index (κ3) is 7.87. The molecule has 0 heterocycles. The first-order chi connectivity index (χ1) is 16.7. The molecule has 2 fully saturated rings. The summed E-state index contributed by atoms with van der Waals surface area (Å²) in [5, 5.41) is 0.804. The molecule has 0 nitrogen and oxygen atoms in total. The van der Waals surface area contributed by atoms with Crippen molar-refractivity contribution in [2.45, 2.75) is 116 Å². The van der Waals surface area contributed by atoms with Crippen molar-refractivity contribution in [3.63, 3.8) is 0 Å². The molecule has 0 bridgehead atoms. The fourth-order valence-corrected chi connectivity index (χ4v) is 6.82. The lowest BCUT2D eigenvalue weighted by Crippen LogP contribution is -2.17. The molecule has 2 aliphatic carbocycles. The maximum absolute atomic E-state index is 6.04. The standard InChI is InChI=1S/C33H47Cl/c1-2-3-4-5-6-7-26-8-10-27(11-9-26)12-13-28-14-16-29(17-15-28)30-18-20-31(21-19-30)32-22-24-33(34)25-23-32/h18-29H,2-17H2,1H3/t26-,27-,28?,29?. The molecule has 0 N–H and O–H groups in total. The summed E-state index contributed by atoms with van der Waals surface area (Å²) in [4.78, 5) is 0. The zero-order chi connectivity index (χ0) is 23.6. The van der Waals surface area contributed by atoms with Gasteiger partial charge in [0.15, 0.2) is 0 Å². The highest BCUT2D eigenvalue weighted by Gasteiger charge is 2.25. The minimum absolute atomic E-state index is 0.767. The van der Waals surface area contributed by atoms with Gasteiger partial charge in [0.2, 0.25) is 0 Å². The first-order valence-electron chi connectivity index (χ1n) is 14.6. The first kappa shape index (κ1) is 25.8. The summed E-state index contributed by atoms with van der Waals surface area (Å²) in [5.74, 6) is 3.85. The lowest BCUT2D eigenvalue weighted by molar-refractivity contribution is 0.222. The van der Waals surface area contributed by atoms with E-state index in [4.69, 9.17) is 11.6 Å². The van der Waals surface area contributed by atoms with Crippen molar-refractivity contribution in [1.82, 2.24) is 0 Å². The molecule has 2 aromatic rings. The Balaban J connectivity index is 1.12. The Labute approximate surface area is 214 Å². The fraction of sp³-hybridized carbons (Fsp3) is 0.636. The Morgan fingerprint density at radius 3 is 1.59 bits per heavy atom. The Morgan fingerprint density at radius 2 is 1.03 bits per heavy atom. The highest BCUT2D eigenvalue weighted by molar-refractivity contribution is 6.30. The van der Waals surface area contributed by atoms with Crippen LogP contribution in [0.1, 0.15) is 121 Å². The van der Waals surface area contributed by atoms with E-state index in [1.54, 1.807) is 5.56 Å². The highest BCUT2D eigenvalue weighted by atomic mass is 35.5. The van der Waals surface area contributed by atoms with E-state index in [1.807, 2.05) is 12.1 Å². The van der Waals surface area contributed by atoms with Gasteiger partial charge in [-0.2, -0.15) is 0 Å². The molecule has 34 heavy (non-hydrogen) atoms. The number of hydrogen-bond acceptors (Lipinski definition) is 0. The third-order valence-corrected chi connectivity index (χ3v) is 9.32. The monoisotopic (exact) mass is 478 g/mol. The van der Waals surface area contributed by atoms with Crippen molar-refractivity contribution in [2.24, 2.45) is 17.8 Å². The normalized spacial score (nSPS) is 25.4. The zero-order valence-electron chi connectivity index (χ0n) is 21.6. The summed E-state index contributed by atoms with van der Waals surface area (Å²) in [5.41, 5.74) is 4.09. The van der Waals surface area contributed by atoms with Crippen LogP contribution in [0.2, 0.25) is 5.02 Å². The summed E-state index contributed by atoms with van der Waals surface area (Å²) < 4.78 is 0. The summed E-state index contributed by atoms with van der Waals surface area (Å²) in [6, 6.07) is 17.5. The molecule has 186 valence electrons. The van der Waals surface area contributed by atoms with Crippen LogP contribution >= 0.6 is 11.6 Å². The Kier molecular flexibility index (Phi) is 10.4. The van der Waals surface area contributed by atoms with Crippen molar-refractivity contribution >= 4 is 11.6 Å². The lowest BCUT2D eigenvalue weighted by Gasteiger charge is -2.32. The summed E-state index contributed by atoms with van der Waals surface area (Å²) in [6.07, 6.45) is 23.5. The van der Waals surface area contributed by atoms with Crippen LogP contribution in [-0.2, 0) is 0 Å². The molecule has 2 aromatic carbocycles. The molecular weight excluding hydrogens is 432 g/mol. The van der Waals surface area contributed by atoms with Crippen LogP contribution in [0, 0.1) is 17.8 Å². The number of benzene rings is 2. The second-order valence-electron chi connectivity index (χ2n) is 11.5. The maximum atomic E-state index is 6.04. The van der Waals surface area contributed by atoms with Crippen LogP contribution in [0.4, 0.5) is 0 Å². The molecule has 0 saturated heterocycles. The molecule has 0 aliphatic heterocycles. The van der Waals surface area contributed by atoms with Crippen molar-refractivity contribution < 1.29 is 0 Å². The summed E-state index contributed by atoms with van der Waals surface area (Å²) in [7, 11) is 0. The average Bonchev–Trinajstić information content (AvgIpc) is 2.89. The predicted octanol–water partition coefficient (Wildman–Crippen LogP) is 11.2. The lowest BCUT2D eigenvalue weighted by atomic mass is 9.74. The van der Waals surface area contributed by atoms with Crippen molar-refractivity contribution in [1.29, 1.82) is 0 Å². The van der Waals surface area contributed by atoms with Crippen molar-refractivity contribution in [3.05, 3.63) is 59.1 Å². The van der Waals surface area contributed by atoms with E-state index < -0.39 is 0 Å². The molecular formula is C33H47Cl. The average molecular weight is 479 g/mol. The third-order valence-electron chi connectivity index (χ3n) is 9.07. The van der Waals surface area contributed by atoms with Gasteiger partial charge >= 0.3 is 0 Å². The largest absolute Gasteiger partial charge is 0.0843 e. The predicted molar refractivity (Wildman–Crippen MR) is 150 cm³/mol. The smallest absolute Gasteiger partial charge is 0.0406 e. The quantitative estimate of drug-likeness (QED) is 0.281. The van der Waals surface area contributed by atoms with Gasteiger partial charge in [-0.3, -0.25) is 0 Å². The van der Waals surface area contributed by atoms with E-state index in [9.17, 15) is 0 Å². The highest BCUT2D eigenvalue weighted by Crippen LogP contribution is 2.40. The topological polar surface area (TPSA) is 0 Å². The molecule has 1 heteroatoms. The second-order valence-corrected chi connectivity index (χ2v) is 11.9. The van der Waals surface area contributed by atoms with E-state index in [-0.39, 0.29) is 0 Å². The zero-order valence-corrected chi connectivity index (χ0v) is 22.4. The molecule has 0 amide bonds. The number of hydrogen-bond donors (Lipinski definition) is 0. The van der Waals surface area contributed by atoms with Crippen LogP contribution in [0.25, 0.3) is 11.1 Å². The summed E-state index contributed by atoms with van der Waals surface area (Å²) in [6.45, 7) is 2.31. The molecule has 0 aromatic heterocycles. The fourth-order valence-electron chi connectivity index (χ4n) is 6.69. The van der Waals surface area contributed by atoms with E-state index in [2.05, 4.69) is 43.3 Å². The van der Waals surface area contributed by atoms with Gasteiger partial charge in [0, 0.05) is 5.02 Å². The Hall–Kier alpha value is -1.27. The van der Waals surface area contributed by atoms with Gasteiger partial charge in [-0.05, 0) is 78.2 Å². The summed E-state index contributed by atoms with van der Waals surface area (Å²) >= 11 is 6.04. The van der Waals surface area contributed by atoms with E-state index in [0.29, 0.717) is 0 Å². The second kappa shape index (κ2) is 13.7. The van der Waals surface area contributed by atoms with Gasteiger partial charge in [0.25, 0.3) is 0 Å².